The Morgan fingerprint density at radius 1 is 1.00 bits per heavy atom. The monoisotopic (exact) mass is 357 g/mol. The molecular formula is C20H27N3O3. The number of nitrogens with one attached hydrogen (secondary N) is 2. The van der Waals surface area contributed by atoms with Crippen LogP contribution in [0.3, 0.4) is 0 Å². The zero-order valence-electron chi connectivity index (χ0n) is 15.8. The minimum Gasteiger partial charge on any atom is -0.497 e. The Morgan fingerprint density at radius 3 is 2.27 bits per heavy atom. The zero-order chi connectivity index (χ0) is 18.9. The summed E-state index contributed by atoms with van der Waals surface area (Å²) in [7, 11) is 3.18. The van der Waals surface area contributed by atoms with Crippen molar-refractivity contribution >= 4 is 23.0 Å². The average Bonchev–Trinajstić information content (AvgIpc) is 2.68. The Bertz CT molecular complexity index is 713. The van der Waals surface area contributed by atoms with Gasteiger partial charge in [0.05, 0.1) is 26.5 Å². The highest BCUT2D eigenvalue weighted by atomic mass is 16.5. The molecule has 0 bridgehead atoms. The molecule has 0 heterocycles. The second kappa shape index (κ2) is 9.56. The number of carbonyl (C=O) groups is 1. The van der Waals surface area contributed by atoms with Gasteiger partial charge in [0.25, 0.3) is 0 Å². The van der Waals surface area contributed by atoms with Gasteiger partial charge in [0, 0.05) is 30.5 Å². The van der Waals surface area contributed by atoms with Crippen LogP contribution in [0.1, 0.15) is 13.8 Å². The number of carbonyl (C=O) groups excluding carboxylic acids is 1. The minimum absolute atomic E-state index is 0.126. The lowest BCUT2D eigenvalue weighted by molar-refractivity contribution is -0.114. The number of hydrogen-bond acceptors (Lipinski definition) is 5. The maximum atomic E-state index is 12.2. The van der Waals surface area contributed by atoms with Crippen molar-refractivity contribution in [3.63, 3.8) is 0 Å². The van der Waals surface area contributed by atoms with Gasteiger partial charge in [-0.1, -0.05) is 0 Å². The largest absolute Gasteiger partial charge is 0.497 e. The second-order valence-electron chi connectivity index (χ2n) is 5.69. The van der Waals surface area contributed by atoms with E-state index in [4.69, 9.17) is 9.47 Å². The van der Waals surface area contributed by atoms with Crippen LogP contribution in [0.25, 0.3) is 0 Å². The summed E-state index contributed by atoms with van der Waals surface area (Å²) in [6.07, 6.45) is 0. The number of ether oxygens (including phenoxy) is 2. The summed E-state index contributed by atoms with van der Waals surface area (Å²) in [5, 5.41) is 5.97. The molecule has 0 spiro atoms. The maximum Gasteiger partial charge on any atom is 0.243 e. The van der Waals surface area contributed by atoms with E-state index in [1.807, 2.05) is 36.4 Å². The van der Waals surface area contributed by atoms with Crippen LogP contribution in [0.5, 0.6) is 11.5 Å². The lowest BCUT2D eigenvalue weighted by Gasteiger charge is -2.21. The molecule has 6 heteroatoms. The third-order valence-electron chi connectivity index (χ3n) is 4.13. The summed E-state index contributed by atoms with van der Waals surface area (Å²) in [6, 6.07) is 13.3. The second-order valence-corrected chi connectivity index (χ2v) is 5.69. The van der Waals surface area contributed by atoms with Crippen LogP contribution in [-0.2, 0) is 4.79 Å². The fourth-order valence-corrected chi connectivity index (χ4v) is 2.67. The van der Waals surface area contributed by atoms with Crippen LogP contribution in [-0.4, -0.2) is 39.8 Å². The Labute approximate surface area is 155 Å². The Kier molecular flexibility index (Phi) is 7.14. The van der Waals surface area contributed by atoms with Crippen LogP contribution < -0.4 is 25.0 Å². The molecule has 0 fully saturated rings. The molecule has 0 unspecified atom stereocenters. The van der Waals surface area contributed by atoms with Gasteiger partial charge in [0.1, 0.15) is 11.5 Å². The summed E-state index contributed by atoms with van der Waals surface area (Å²) in [5.74, 6) is 1.20. The van der Waals surface area contributed by atoms with E-state index in [2.05, 4.69) is 29.4 Å². The van der Waals surface area contributed by atoms with Gasteiger partial charge in [0.2, 0.25) is 5.91 Å². The van der Waals surface area contributed by atoms with Gasteiger partial charge >= 0.3 is 0 Å². The number of nitrogens with zero attached hydrogens (tertiary/aromatic N) is 1. The summed E-state index contributed by atoms with van der Waals surface area (Å²) in [5.41, 5.74) is 2.66. The molecule has 6 nitrogen and oxygen atoms in total. The summed E-state index contributed by atoms with van der Waals surface area (Å²) < 4.78 is 10.5. The van der Waals surface area contributed by atoms with Gasteiger partial charge in [-0.05, 0) is 50.2 Å². The van der Waals surface area contributed by atoms with Crippen LogP contribution >= 0.6 is 0 Å². The van der Waals surface area contributed by atoms with Gasteiger partial charge in [-0.15, -0.1) is 0 Å². The van der Waals surface area contributed by atoms with E-state index in [-0.39, 0.29) is 12.5 Å². The normalized spacial score (nSPS) is 10.2. The highest BCUT2D eigenvalue weighted by Crippen LogP contribution is 2.28. The molecular weight excluding hydrogens is 330 g/mol. The van der Waals surface area contributed by atoms with Gasteiger partial charge in [-0.2, -0.15) is 0 Å². The Hall–Kier alpha value is -2.89. The van der Waals surface area contributed by atoms with Crippen molar-refractivity contribution in [1.29, 1.82) is 0 Å². The first-order valence-corrected chi connectivity index (χ1v) is 8.72. The Balaban J connectivity index is 1.93. The highest BCUT2D eigenvalue weighted by molar-refractivity contribution is 5.94. The zero-order valence-corrected chi connectivity index (χ0v) is 15.8. The van der Waals surface area contributed by atoms with Crippen molar-refractivity contribution in [1.82, 2.24) is 0 Å². The van der Waals surface area contributed by atoms with E-state index in [1.54, 1.807) is 20.3 Å². The molecule has 0 aromatic heterocycles. The van der Waals surface area contributed by atoms with Crippen LogP contribution in [0.15, 0.2) is 42.5 Å². The van der Waals surface area contributed by atoms with E-state index < -0.39 is 0 Å². The van der Waals surface area contributed by atoms with Crippen LogP contribution in [0.4, 0.5) is 17.1 Å². The quantitative estimate of drug-likeness (QED) is 0.718. The summed E-state index contributed by atoms with van der Waals surface area (Å²) >= 11 is 0. The molecule has 0 atom stereocenters. The van der Waals surface area contributed by atoms with E-state index in [0.717, 1.165) is 30.2 Å². The number of hydrogen-bond donors (Lipinski definition) is 2. The molecule has 0 radical (unpaired) electrons. The Morgan fingerprint density at radius 2 is 1.69 bits per heavy atom. The standard InChI is InChI=1S/C20H27N3O3/c1-5-23(6-2)16-9-7-15(8-10-16)22-20(24)14-21-18-12-11-17(25-3)13-19(18)26-4/h7-13,21H,5-6,14H2,1-4H3,(H,22,24). The molecule has 2 aromatic rings. The van der Waals surface area contributed by atoms with E-state index >= 15 is 0 Å². The van der Waals surface area contributed by atoms with E-state index in [0.29, 0.717) is 11.5 Å². The smallest absolute Gasteiger partial charge is 0.243 e. The highest BCUT2D eigenvalue weighted by Gasteiger charge is 2.08. The molecule has 140 valence electrons. The fourth-order valence-electron chi connectivity index (χ4n) is 2.67. The molecule has 1 amide bonds. The molecule has 2 aromatic carbocycles. The topological polar surface area (TPSA) is 62.8 Å². The summed E-state index contributed by atoms with van der Waals surface area (Å²) in [6.45, 7) is 6.29. The van der Waals surface area contributed by atoms with E-state index in [9.17, 15) is 4.79 Å². The number of rotatable bonds is 9. The third kappa shape index (κ3) is 5.05. The molecule has 2 rings (SSSR count). The first kappa shape index (κ1) is 19.4. The van der Waals surface area contributed by atoms with Crippen molar-refractivity contribution in [2.75, 3.05) is 49.4 Å². The number of benzene rings is 2. The maximum absolute atomic E-state index is 12.2. The van der Waals surface area contributed by atoms with Crippen LogP contribution in [0, 0.1) is 0 Å². The molecule has 0 saturated heterocycles. The molecule has 2 N–H and O–H groups in total. The van der Waals surface area contributed by atoms with Gasteiger partial charge in [0.15, 0.2) is 0 Å². The van der Waals surface area contributed by atoms with Crippen molar-refractivity contribution in [2.24, 2.45) is 0 Å². The first-order chi connectivity index (χ1) is 12.6. The van der Waals surface area contributed by atoms with Gasteiger partial charge in [-0.25, -0.2) is 0 Å². The molecule has 26 heavy (non-hydrogen) atoms. The summed E-state index contributed by atoms with van der Waals surface area (Å²) in [4.78, 5) is 14.4. The van der Waals surface area contributed by atoms with Crippen molar-refractivity contribution in [3.8, 4) is 11.5 Å². The molecule has 0 aliphatic rings. The van der Waals surface area contributed by atoms with Gasteiger partial charge in [-0.3, -0.25) is 4.79 Å². The predicted octanol–water partition coefficient (Wildman–Crippen LogP) is 3.60. The lowest BCUT2D eigenvalue weighted by Crippen LogP contribution is -2.23. The van der Waals surface area contributed by atoms with E-state index in [1.165, 1.54) is 0 Å². The first-order valence-electron chi connectivity index (χ1n) is 8.72. The van der Waals surface area contributed by atoms with Crippen molar-refractivity contribution in [2.45, 2.75) is 13.8 Å². The fraction of sp³-hybridized carbons (Fsp3) is 0.350. The van der Waals surface area contributed by atoms with Crippen molar-refractivity contribution < 1.29 is 14.3 Å². The molecule has 0 saturated carbocycles. The average molecular weight is 357 g/mol. The number of anilines is 3. The lowest BCUT2D eigenvalue weighted by atomic mass is 10.2. The predicted molar refractivity (Wildman–Crippen MR) is 107 cm³/mol. The van der Waals surface area contributed by atoms with Crippen LogP contribution in [0.2, 0.25) is 0 Å². The number of amides is 1. The minimum atomic E-state index is -0.126. The van der Waals surface area contributed by atoms with Gasteiger partial charge < -0.3 is 25.0 Å². The van der Waals surface area contributed by atoms with Crippen molar-refractivity contribution in [3.05, 3.63) is 42.5 Å². The molecule has 0 aliphatic carbocycles. The number of methoxy groups -OCH3 is 2. The molecule has 0 aliphatic heterocycles. The third-order valence-corrected chi connectivity index (χ3v) is 4.13. The SMILES string of the molecule is CCN(CC)c1ccc(NC(=O)CNc2ccc(OC)cc2OC)cc1.